The second-order valence-corrected chi connectivity index (χ2v) is 7.58. The highest BCUT2D eigenvalue weighted by Gasteiger charge is 2.16. The fraction of sp³-hybridized carbons (Fsp3) is 0.667. The van der Waals surface area contributed by atoms with E-state index in [1.807, 2.05) is 0 Å². The van der Waals surface area contributed by atoms with Gasteiger partial charge in [-0.05, 0) is 18.6 Å². The predicted molar refractivity (Wildman–Crippen MR) is 114 cm³/mol. The molecule has 0 amide bonds. The van der Waals surface area contributed by atoms with E-state index in [4.69, 9.17) is 9.84 Å². The van der Waals surface area contributed by atoms with Crippen LogP contribution < -0.4 is 0 Å². The molecule has 28 heavy (non-hydrogen) atoms. The van der Waals surface area contributed by atoms with E-state index >= 15 is 0 Å². The molecule has 4 nitrogen and oxygen atoms in total. The zero-order valence-corrected chi connectivity index (χ0v) is 17.6. The van der Waals surface area contributed by atoms with Crippen molar-refractivity contribution in [2.24, 2.45) is 0 Å². The summed E-state index contributed by atoms with van der Waals surface area (Å²) in [6.45, 7) is 2.61. The quantitative estimate of drug-likeness (QED) is 0.229. The van der Waals surface area contributed by atoms with Crippen LogP contribution in [-0.2, 0) is 4.74 Å². The van der Waals surface area contributed by atoms with Crippen LogP contribution in [0.25, 0.3) is 0 Å². The van der Waals surface area contributed by atoms with Crippen LogP contribution in [0.15, 0.2) is 24.3 Å². The summed E-state index contributed by atoms with van der Waals surface area (Å²) >= 11 is 0. The van der Waals surface area contributed by atoms with Crippen LogP contribution in [0.1, 0.15) is 118 Å². The summed E-state index contributed by atoms with van der Waals surface area (Å²) in [6.07, 6.45) is 17.9. The maximum atomic E-state index is 12.0. The van der Waals surface area contributed by atoms with Crippen LogP contribution in [0.4, 0.5) is 0 Å². The standard InChI is InChI=1S/C24H38O4/c1-2-3-4-5-6-7-8-9-10-11-12-13-14-17-20-28-24(27)22-19-16-15-18-21(22)23(25)26/h15-16,18-19H,2-14,17,20H2,1H3,(H,25,26). The van der Waals surface area contributed by atoms with Gasteiger partial charge in [-0.2, -0.15) is 0 Å². The SMILES string of the molecule is CCCCCCCCCCCCCCCCOC(=O)c1ccccc1C(=O)O. The van der Waals surface area contributed by atoms with E-state index in [0.29, 0.717) is 6.61 Å². The van der Waals surface area contributed by atoms with Crippen molar-refractivity contribution in [2.75, 3.05) is 6.61 Å². The second kappa shape index (κ2) is 16.1. The van der Waals surface area contributed by atoms with Crippen LogP contribution in [0, 0.1) is 0 Å². The number of benzene rings is 1. The van der Waals surface area contributed by atoms with Gasteiger partial charge < -0.3 is 9.84 Å². The lowest BCUT2D eigenvalue weighted by molar-refractivity contribution is 0.0487. The molecule has 0 bridgehead atoms. The third kappa shape index (κ3) is 11.1. The molecule has 1 aromatic carbocycles. The molecular weight excluding hydrogens is 352 g/mol. The number of rotatable bonds is 17. The van der Waals surface area contributed by atoms with E-state index in [-0.39, 0.29) is 11.1 Å². The highest BCUT2D eigenvalue weighted by Crippen LogP contribution is 2.14. The Kier molecular flexibility index (Phi) is 14.0. The van der Waals surface area contributed by atoms with Crippen molar-refractivity contribution < 1.29 is 19.4 Å². The maximum absolute atomic E-state index is 12.0. The smallest absolute Gasteiger partial charge is 0.339 e. The Labute approximate surface area is 170 Å². The third-order valence-corrected chi connectivity index (χ3v) is 5.11. The van der Waals surface area contributed by atoms with E-state index < -0.39 is 11.9 Å². The molecule has 0 radical (unpaired) electrons. The Morgan fingerprint density at radius 1 is 0.714 bits per heavy atom. The van der Waals surface area contributed by atoms with Crippen molar-refractivity contribution in [3.8, 4) is 0 Å². The Hall–Kier alpha value is -1.84. The van der Waals surface area contributed by atoms with Crippen LogP contribution in [0.5, 0.6) is 0 Å². The molecule has 158 valence electrons. The Bertz CT molecular complexity index is 553. The van der Waals surface area contributed by atoms with E-state index in [1.165, 1.54) is 89.2 Å². The summed E-state index contributed by atoms with van der Waals surface area (Å²) in [5.74, 6) is -1.66. The molecule has 0 aliphatic carbocycles. The largest absolute Gasteiger partial charge is 0.478 e. The molecule has 0 saturated carbocycles. The number of carbonyl (C=O) groups excluding carboxylic acids is 1. The van der Waals surface area contributed by atoms with Gasteiger partial charge in [0.05, 0.1) is 17.7 Å². The normalized spacial score (nSPS) is 10.8. The average Bonchev–Trinajstić information content (AvgIpc) is 2.70. The number of ether oxygens (including phenoxy) is 1. The molecule has 1 N–H and O–H groups in total. The van der Waals surface area contributed by atoms with Crippen molar-refractivity contribution >= 4 is 11.9 Å². The summed E-state index contributed by atoms with van der Waals surface area (Å²) in [4.78, 5) is 23.1. The predicted octanol–water partition coefficient (Wildman–Crippen LogP) is 7.02. The molecule has 1 aromatic rings. The van der Waals surface area contributed by atoms with E-state index in [2.05, 4.69) is 6.92 Å². The number of carbonyl (C=O) groups is 2. The van der Waals surface area contributed by atoms with Crippen molar-refractivity contribution in [1.82, 2.24) is 0 Å². The van der Waals surface area contributed by atoms with Gasteiger partial charge in [0.15, 0.2) is 0 Å². The van der Waals surface area contributed by atoms with Crippen LogP contribution in [0.2, 0.25) is 0 Å². The summed E-state index contributed by atoms with van der Waals surface area (Å²) in [6, 6.07) is 6.17. The molecule has 0 heterocycles. The Morgan fingerprint density at radius 3 is 1.61 bits per heavy atom. The minimum atomic E-state index is -1.11. The number of unbranched alkanes of at least 4 members (excludes halogenated alkanes) is 13. The lowest BCUT2D eigenvalue weighted by Gasteiger charge is -2.07. The molecule has 4 heteroatoms. The summed E-state index contributed by atoms with van der Waals surface area (Å²) in [5.41, 5.74) is 0.119. The minimum absolute atomic E-state index is 0.00606. The first-order valence-electron chi connectivity index (χ1n) is 11.2. The van der Waals surface area contributed by atoms with Gasteiger partial charge in [-0.25, -0.2) is 9.59 Å². The third-order valence-electron chi connectivity index (χ3n) is 5.11. The number of carboxylic acids is 1. The minimum Gasteiger partial charge on any atom is -0.478 e. The van der Waals surface area contributed by atoms with Crippen LogP contribution in [0.3, 0.4) is 0 Å². The van der Waals surface area contributed by atoms with Crippen molar-refractivity contribution in [3.05, 3.63) is 35.4 Å². The van der Waals surface area contributed by atoms with E-state index in [0.717, 1.165) is 12.8 Å². The average molecular weight is 391 g/mol. The molecule has 0 aliphatic heterocycles. The Balaban J connectivity index is 1.94. The number of esters is 1. The summed E-state index contributed by atoms with van der Waals surface area (Å²) in [7, 11) is 0. The van der Waals surface area contributed by atoms with E-state index in [9.17, 15) is 9.59 Å². The fourth-order valence-corrected chi connectivity index (χ4v) is 3.39. The van der Waals surface area contributed by atoms with Crippen LogP contribution >= 0.6 is 0 Å². The van der Waals surface area contributed by atoms with Gasteiger partial charge in [0, 0.05) is 0 Å². The first-order valence-corrected chi connectivity index (χ1v) is 11.2. The molecule has 0 aliphatic rings. The molecule has 0 aromatic heterocycles. The fourth-order valence-electron chi connectivity index (χ4n) is 3.39. The molecule has 0 unspecified atom stereocenters. The summed E-state index contributed by atoms with van der Waals surface area (Å²) < 4.78 is 5.22. The van der Waals surface area contributed by atoms with Gasteiger partial charge in [0.2, 0.25) is 0 Å². The molecule has 1 rings (SSSR count). The van der Waals surface area contributed by atoms with Gasteiger partial charge in [-0.1, -0.05) is 103 Å². The second-order valence-electron chi connectivity index (χ2n) is 7.58. The number of hydrogen-bond acceptors (Lipinski definition) is 3. The molecule has 0 fully saturated rings. The number of carboxylic acid groups (broad SMARTS) is 1. The molecule has 0 saturated heterocycles. The Morgan fingerprint density at radius 2 is 1.14 bits per heavy atom. The van der Waals surface area contributed by atoms with Gasteiger partial charge in [-0.15, -0.1) is 0 Å². The zero-order valence-electron chi connectivity index (χ0n) is 17.6. The first kappa shape index (κ1) is 24.2. The summed E-state index contributed by atoms with van der Waals surface area (Å²) in [5, 5.41) is 9.11. The number of hydrogen-bond donors (Lipinski definition) is 1. The van der Waals surface area contributed by atoms with Gasteiger partial charge in [-0.3, -0.25) is 0 Å². The lowest BCUT2D eigenvalue weighted by atomic mass is 10.0. The molecular formula is C24H38O4. The zero-order chi connectivity index (χ0) is 20.5. The lowest BCUT2D eigenvalue weighted by Crippen LogP contribution is -2.12. The van der Waals surface area contributed by atoms with Gasteiger partial charge in [0.25, 0.3) is 0 Å². The highest BCUT2D eigenvalue weighted by molar-refractivity contribution is 6.02. The molecule has 0 spiro atoms. The monoisotopic (exact) mass is 390 g/mol. The first-order chi connectivity index (χ1) is 13.7. The van der Waals surface area contributed by atoms with Gasteiger partial charge in [0.1, 0.15) is 0 Å². The highest BCUT2D eigenvalue weighted by atomic mass is 16.5. The topological polar surface area (TPSA) is 63.6 Å². The maximum Gasteiger partial charge on any atom is 0.339 e. The van der Waals surface area contributed by atoms with Crippen molar-refractivity contribution in [2.45, 2.75) is 96.8 Å². The van der Waals surface area contributed by atoms with Crippen LogP contribution in [-0.4, -0.2) is 23.7 Å². The molecule has 0 atom stereocenters. The van der Waals surface area contributed by atoms with Gasteiger partial charge >= 0.3 is 11.9 Å². The van der Waals surface area contributed by atoms with E-state index in [1.54, 1.807) is 12.1 Å². The van der Waals surface area contributed by atoms with Crippen molar-refractivity contribution in [1.29, 1.82) is 0 Å². The van der Waals surface area contributed by atoms with Crippen molar-refractivity contribution in [3.63, 3.8) is 0 Å². The number of aromatic carboxylic acids is 1.